The SMILES string of the molecule is CC(=O)N[C@@H](Cc1cc(F)cc(F)c1)[C@H](O)CNC1(c2cccc(C(C)(C)C)c2)CCC(=O)CC1.CCOP(=O)(CC(=O)OC)OCC.COC(=O)C=C1CCC(NC[C@@H](O)[C@H](Cc2cc(F)cc(F)c2)NC(C)=O)(c2cccc(C(C)(C)C)c2)CC1. The fourth-order valence-electron chi connectivity index (χ4n) is 10.7. The van der Waals surface area contributed by atoms with Gasteiger partial charge in [-0.25, -0.2) is 22.4 Å². The summed E-state index contributed by atoms with van der Waals surface area (Å²) in [6, 6.07) is 21.6. The molecule has 6 rings (SSSR count). The van der Waals surface area contributed by atoms with Gasteiger partial charge in [-0.2, -0.15) is 0 Å². The Labute approximate surface area is 510 Å². The molecule has 0 bridgehead atoms. The highest BCUT2D eigenvalue weighted by molar-refractivity contribution is 7.54. The van der Waals surface area contributed by atoms with Gasteiger partial charge in [-0.3, -0.25) is 23.7 Å². The second kappa shape index (κ2) is 33.5. The third kappa shape index (κ3) is 23.7. The molecule has 16 nitrogen and oxygen atoms in total. The van der Waals surface area contributed by atoms with Crippen LogP contribution in [0.1, 0.15) is 154 Å². The molecule has 2 saturated carbocycles. The Morgan fingerprint density at radius 3 is 1.32 bits per heavy atom. The highest BCUT2D eigenvalue weighted by Crippen LogP contribution is 2.48. The lowest BCUT2D eigenvalue weighted by Gasteiger charge is -2.41. The summed E-state index contributed by atoms with van der Waals surface area (Å²) in [5.74, 6) is -4.28. The smallest absolute Gasteiger partial charge is 0.341 e. The minimum Gasteiger partial charge on any atom is -0.469 e. The van der Waals surface area contributed by atoms with E-state index in [1.165, 1.54) is 63.5 Å². The molecule has 2 aliphatic rings. The maximum absolute atomic E-state index is 13.8. The van der Waals surface area contributed by atoms with Gasteiger partial charge in [-0.1, -0.05) is 95.6 Å². The Morgan fingerprint density at radius 1 is 0.609 bits per heavy atom. The Bertz CT molecular complexity index is 2970. The third-order valence-corrected chi connectivity index (χ3v) is 17.4. The predicted molar refractivity (Wildman–Crippen MR) is 327 cm³/mol. The normalized spacial score (nSPS) is 17.4. The number of aliphatic hydroxyl groups excluding tert-OH is 2. The number of hydrogen-bond acceptors (Lipinski definition) is 14. The first-order chi connectivity index (χ1) is 40.8. The number of Topliss-reactive ketones (excluding diaryl/α,β-unsaturated/α-hetero) is 1. The van der Waals surface area contributed by atoms with Gasteiger partial charge in [0, 0.05) is 69.1 Å². The van der Waals surface area contributed by atoms with Crippen LogP contribution in [-0.2, 0) is 81.8 Å². The molecular weight excluding hydrogens is 1150 g/mol. The second-order valence-corrected chi connectivity index (χ2v) is 26.4. The molecule has 0 unspecified atom stereocenters. The van der Waals surface area contributed by atoms with Crippen LogP contribution in [0.15, 0.2) is 96.6 Å². The number of hydrogen-bond donors (Lipinski definition) is 6. The van der Waals surface area contributed by atoms with E-state index >= 15 is 0 Å². The number of benzene rings is 4. The van der Waals surface area contributed by atoms with E-state index in [0.29, 0.717) is 62.5 Å². The van der Waals surface area contributed by atoms with Crippen LogP contribution in [-0.4, -0.2) is 111 Å². The molecule has 87 heavy (non-hydrogen) atoms. The zero-order valence-electron chi connectivity index (χ0n) is 52.5. The van der Waals surface area contributed by atoms with Crippen molar-refractivity contribution in [2.45, 2.75) is 180 Å². The summed E-state index contributed by atoms with van der Waals surface area (Å²) < 4.78 is 85.5. The lowest BCUT2D eigenvalue weighted by Crippen LogP contribution is -2.53. The number of amides is 2. The highest BCUT2D eigenvalue weighted by atomic mass is 31.2. The number of carbonyl (C=O) groups excluding carboxylic acids is 5. The van der Waals surface area contributed by atoms with Crippen LogP contribution in [0, 0.1) is 23.3 Å². The molecule has 2 aliphatic carbocycles. The lowest BCUT2D eigenvalue weighted by molar-refractivity contribution is -0.138. The number of esters is 2. The van der Waals surface area contributed by atoms with Crippen LogP contribution in [0.5, 0.6) is 0 Å². The molecule has 0 aliphatic heterocycles. The molecule has 0 saturated heterocycles. The van der Waals surface area contributed by atoms with E-state index in [1.807, 2.05) is 18.2 Å². The molecule has 4 aromatic rings. The monoisotopic (exact) mass is 1240 g/mol. The topological polar surface area (TPSA) is 228 Å². The molecule has 480 valence electrons. The van der Waals surface area contributed by atoms with Crippen LogP contribution in [0.2, 0.25) is 0 Å². The molecule has 0 spiro atoms. The Balaban J connectivity index is 0.000000311. The van der Waals surface area contributed by atoms with Crippen LogP contribution in [0.3, 0.4) is 0 Å². The average molecular weight is 1240 g/mol. The van der Waals surface area contributed by atoms with Gasteiger partial charge in [-0.15, -0.1) is 0 Å². The molecule has 21 heteroatoms. The van der Waals surface area contributed by atoms with Gasteiger partial charge in [0.1, 0.15) is 35.2 Å². The Hall–Kier alpha value is -6.12. The number of allylic oxidation sites excluding steroid dienone is 1. The van der Waals surface area contributed by atoms with E-state index in [9.17, 15) is 56.3 Å². The maximum atomic E-state index is 13.8. The molecule has 6 N–H and O–H groups in total. The first-order valence-electron chi connectivity index (χ1n) is 29.5. The van der Waals surface area contributed by atoms with Gasteiger partial charge in [-0.05, 0) is 134 Å². The van der Waals surface area contributed by atoms with E-state index in [2.05, 4.69) is 97.9 Å². The third-order valence-electron chi connectivity index (χ3n) is 15.5. The number of methoxy groups -OCH3 is 2. The molecular formula is C66H91F4N4O12P. The first-order valence-corrected chi connectivity index (χ1v) is 31.3. The van der Waals surface area contributed by atoms with Crippen molar-refractivity contribution >= 4 is 37.1 Å². The van der Waals surface area contributed by atoms with E-state index in [0.717, 1.165) is 28.8 Å². The average Bonchev–Trinajstić information content (AvgIpc) is 1.17. The predicted octanol–water partition coefficient (Wildman–Crippen LogP) is 10.6. The summed E-state index contributed by atoms with van der Waals surface area (Å²) in [5.41, 5.74) is 5.12. The van der Waals surface area contributed by atoms with E-state index in [1.54, 1.807) is 19.9 Å². The summed E-state index contributed by atoms with van der Waals surface area (Å²) >= 11 is 0. The van der Waals surface area contributed by atoms with Crippen molar-refractivity contribution in [2.75, 3.05) is 46.7 Å². The number of ketones is 1. The standard InChI is InChI=1S/C31H40F2N2O4.C28H36F2N2O3.C7H15O5P/c1-20(36)35-27(15-22-13-25(32)18-26(33)14-22)28(37)19-34-31(11-9-21(10-12-31)16-29(38)39-5)24-8-6-7-23(17-24)30(2,3)4;1-18(33)32-25(14-19-12-22(29)16-23(30)13-19)26(35)17-31-28(10-8-24(34)9-11-28)21-7-5-6-20(15-21)27(2,3)4;1-4-11-13(9,12-5-2)6-7(8)10-3/h6-8,13-14,16-18,27-28,34,37H,9-12,15,19H2,1-5H3,(H,35,36);5-7,12-13,15-16,25-26,31,35H,8-11,14,17H2,1-4H3,(H,32,33);4-6H2,1-3H3/t27-,28+,31?;25-,26+;/m00./s1. The second-order valence-electron chi connectivity index (χ2n) is 24.3. The van der Waals surface area contributed by atoms with Crippen molar-refractivity contribution in [3.63, 3.8) is 0 Å². The number of rotatable bonds is 23. The Morgan fingerprint density at radius 2 is 0.989 bits per heavy atom. The van der Waals surface area contributed by atoms with Crippen LogP contribution in [0.4, 0.5) is 17.6 Å². The van der Waals surface area contributed by atoms with E-state index < -0.39 is 72.2 Å². The number of carbonyl (C=O) groups is 5. The van der Waals surface area contributed by atoms with Crippen molar-refractivity contribution in [2.24, 2.45) is 0 Å². The summed E-state index contributed by atoms with van der Waals surface area (Å²) in [7, 11) is -0.681. The van der Waals surface area contributed by atoms with Crippen molar-refractivity contribution in [1.29, 1.82) is 0 Å². The highest BCUT2D eigenvalue weighted by Gasteiger charge is 2.39. The molecule has 2 amide bonds. The summed E-state index contributed by atoms with van der Waals surface area (Å²) in [4.78, 5) is 58.4. The summed E-state index contributed by atoms with van der Waals surface area (Å²) in [6.07, 6.45) is 4.13. The van der Waals surface area contributed by atoms with Gasteiger partial charge in [0.05, 0.1) is 51.7 Å². The minimum atomic E-state index is -3.27. The van der Waals surface area contributed by atoms with E-state index in [4.69, 9.17) is 13.8 Å². The summed E-state index contributed by atoms with van der Waals surface area (Å²) in [6.45, 7) is 19.7. The number of nitrogens with one attached hydrogen (secondary N) is 4. The van der Waals surface area contributed by atoms with Crippen LogP contribution >= 0.6 is 7.60 Å². The first kappa shape index (κ1) is 73.4. The maximum Gasteiger partial charge on any atom is 0.341 e. The fourth-order valence-corrected chi connectivity index (χ4v) is 12.2. The van der Waals surface area contributed by atoms with Gasteiger partial charge >= 0.3 is 19.5 Å². The number of aliphatic hydroxyl groups is 2. The molecule has 0 aromatic heterocycles. The number of ether oxygens (including phenoxy) is 2. The van der Waals surface area contributed by atoms with Crippen molar-refractivity contribution in [3.05, 3.63) is 153 Å². The fraction of sp³-hybridized carbons (Fsp3) is 0.530. The molecule has 0 radical (unpaired) electrons. The van der Waals surface area contributed by atoms with Gasteiger partial charge in [0.15, 0.2) is 0 Å². The van der Waals surface area contributed by atoms with Gasteiger partial charge < -0.3 is 50.0 Å². The molecule has 2 fully saturated rings. The zero-order valence-corrected chi connectivity index (χ0v) is 53.4. The van der Waals surface area contributed by atoms with Crippen LogP contribution < -0.4 is 21.3 Å². The van der Waals surface area contributed by atoms with Crippen molar-refractivity contribution < 1.29 is 74.8 Å². The van der Waals surface area contributed by atoms with Crippen LogP contribution in [0.25, 0.3) is 0 Å². The molecule has 4 atom stereocenters. The quantitative estimate of drug-likeness (QED) is 0.0176. The van der Waals surface area contributed by atoms with Gasteiger partial charge in [0.25, 0.3) is 0 Å². The van der Waals surface area contributed by atoms with Gasteiger partial charge in [0.2, 0.25) is 11.8 Å². The van der Waals surface area contributed by atoms with Crippen molar-refractivity contribution in [1.82, 2.24) is 21.3 Å². The molecule has 0 heterocycles. The molecule has 4 aromatic carbocycles. The van der Waals surface area contributed by atoms with Crippen molar-refractivity contribution in [3.8, 4) is 0 Å². The minimum absolute atomic E-state index is 0.0437. The zero-order chi connectivity index (χ0) is 64.9. The lowest BCUT2D eigenvalue weighted by atomic mass is 9.73. The number of halogens is 4. The largest absolute Gasteiger partial charge is 0.469 e. The Kier molecular flexibility index (Phi) is 28.2. The summed E-state index contributed by atoms with van der Waals surface area (Å²) in [5, 5.41) is 34.8. The van der Waals surface area contributed by atoms with E-state index in [-0.39, 0.29) is 79.7 Å².